The van der Waals surface area contributed by atoms with Crippen LogP contribution >= 0.6 is 0 Å². The van der Waals surface area contributed by atoms with Gasteiger partial charge in [0.2, 0.25) is 5.43 Å². The summed E-state index contributed by atoms with van der Waals surface area (Å²) >= 11 is 0. The van der Waals surface area contributed by atoms with Gasteiger partial charge in [0.1, 0.15) is 39.7 Å². The van der Waals surface area contributed by atoms with Crippen LogP contribution < -0.4 is 15.5 Å². The molecule has 32 heavy (non-hydrogen) atoms. The summed E-state index contributed by atoms with van der Waals surface area (Å²) in [6.07, 6.45) is -0.748. The molecule has 0 radical (unpaired) electrons. The second-order valence-corrected chi connectivity index (χ2v) is 8.99. The molecule has 1 unspecified atom stereocenters. The highest BCUT2D eigenvalue weighted by Crippen LogP contribution is 2.31. The Labute approximate surface area is 185 Å². The first-order valence-electron chi connectivity index (χ1n) is 10.3. The lowest BCUT2D eigenvalue weighted by Gasteiger charge is -2.24. The lowest BCUT2D eigenvalue weighted by molar-refractivity contribution is -0.137. The Morgan fingerprint density at radius 3 is 2.47 bits per heavy atom. The topological polar surface area (TPSA) is 115 Å². The number of para-hydroxylation sites is 1. The zero-order valence-electron chi connectivity index (χ0n) is 18.9. The fourth-order valence-electron chi connectivity index (χ4n) is 3.27. The molecule has 0 spiro atoms. The molecule has 1 aromatic heterocycles. The van der Waals surface area contributed by atoms with Gasteiger partial charge in [-0.3, -0.25) is 4.79 Å². The highest BCUT2D eigenvalue weighted by atomic mass is 16.6. The minimum absolute atomic E-state index is 0.00446. The van der Waals surface area contributed by atoms with Crippen molar-refractivity contribution in [3.8, 4) is 11.5 Å². The van der Waals surface area contributed by atoms with E-state index in [2.05, 4.69) is 5.32 Å². The molecule has 0 saturated heterocycles. The van der Waals surface area contributed by atoms with E-state index in [-0.39, 0.29) is 33.8 Å². The van der Waals surface area contributed by atoms with Crippen molar-refractivity contribution in [1.29, 1.82) is 0 Å². The fraction of sp³-hybridized carbons (Fsp3) is 0.375. The van der Waals surface area contributed by atoms with Crippen LogP contribution in [0.1, 0.15) is 40.2 Å². The number of phenolic OH excluding ortho intramolecular Hbond substituents is 1. The van der Waals surface area contributed by atoms with E-state index in [4.69, 9.17) is 13.9 Å². The lowest BCUT2D eigenvalue weighted by Crippen LogP contribution is -2.48. The summed E-state index contributed by atoms with van der Waals surface area (Å²) in [6.45, 7) is 10.4. The molecule has 2 N–H and O–H groups in total. The maximum atomic E-state index is 12.8. The van der Waals surface area contributed by atoms with Gasteiger partial charge in [-0.15, -0.1) is 0 Å². The first-order valence-corrected chi connectivity index (χ1v) is 10.3. The van der Waals surface area contributed by atoms with Gasteiger partial charge in [-0.1, -0.05) is 26.0 Å². The average molecular weight is 441 g/mol. The minimum atomic E-state index is -0.992. The van der Waals surface area contributed by atoms with Gasteiger partial charge in [0.25, 0.3) is 0 Å². The van der Waals surface area contributed by atoms with E-state index in [0.717, 1.165) is 5.56 Å². The number of aryl methyl sites for hydroxylation is 1. The predicted octanol–water partition coefficient (Wildman–Crippen LogP) is 4.41. The number of hydrogen-bond donors (Lipinski definition) is 2. The van der Waals surface area contributed by atoms with E-state index < -0.39 is 23.7 Å². The highest BCUT2D eigenvalue weighted by Gasteiger charge is 2.29. The SMILES string of the molecule is Cc1cccc2c(=O)c3c(O)cc(OC(=O)C(NC(=O)OC(C)(C)C)C(C)C)cc3oc12. The van der Waals surface area contributed by atoms with E-state index in [0.29, 0.717) is 11.0 Å². The Hall–Kier alpha value is -3.55. The largest absolute Gasteiger partial charge is 0.507 e. The number of benzene rings is 2. The van der Waals surface area contributed by atoms with Crippen LogP contribution in [0.4, 0.5) is 4.79 Å². The molecule has 1 heterocycles. The molecule has 0 fully saturated rings. The van der Waals surface area contributed by atoms with Crippen molar-refractivity contribution >= 4 is 34.0 Å². The number of fused-ring (bicyclic) bond motifs is 2. The normalized spacial score (nSPS) is 12.7. The molecule has 1 amide bonds. The molecular weight excluding hydrogens is 414 g/mol. The van der Waals surface area contributed by atoms with Gasteiger partial charge in [-0.25, -0.2) is 9.59 Å². The van der Waals surface area contributed by atoms with Crippen LogP contribution in [-0.4, -0.2) is 28.8 Å². The van der Waals surface area contributed by atoms with Crippen molar-refractivity contribution < 1.29 is 28.6 Å². The summed E-state index contributed by atoms with van der Waals surface area (Å²) in [7, 11) is 0. The monoisotopic (exact) mass is 441 g/mol. The maximum Gasteiger partial charge on any atom is 0.408 e. The molecule has 2 aromatic carbocycles. The smallest absolute Gasteiger partial charge is 0.408 e. The van der Waals surface area contributed by atoms with E-state index >= 15 is 0 Å². The van der Waals surface area contributed by atoms with E-state index in [9.17, 15) is 19.5 Å². The second kappa shape index (κ2) is 8.53. The molecule has 8 nitrogen and oxygen atoms in total. The number of hydrogen-bond acceptors (Lipinski definition) is 7. The van der Waals surface area contributed by atoms with Gasteiger partial charge in [0.05, 0.1) is 5.39 Å². The van der Waals surface area contributed by atoms with E-state index in [1.807, 2.05) is 0 Å². The second-order valence-electron chi connectivity index (χ2n) is 8.99. The third-order valence-corrected chi connectivity index (χ3v) is 4.76. The van der Waals surface area contributed by atoms with Crippen LogP contribution in [-0.2, 0) is 9.53 Å². The molecule has 1 atom stereocenters. The first-order chi connectivity index (χ1) is 14.9. The number of carbonyl (C=O) groups excluding carboxylic acids is 2. The highest BCUT2D eigenvalue weighted by molar-refractivity contribution is 5.95. The molecule has 0 bridgehead atoms. The molecule has 0 saturated carbocycles. The Bertz CT molecular complexity index is 1250. The molecule has 0 aliphatic carbocycles. The van der Waals surface area contributed by atoms with Crippen molar-refractivity contribution in [3.05, 3.63) is 46.1 Å². The van der Waals surface area contributed by atoms with Gasteiger partial charge in [0.15, 0.2) is 0 Å². The molecule has 0 aliphatic rings. The quantitative estimate of drug-likeness (QED) is 0.350. The number of ether oxygens (including phenoxy) is 2. The Balaban J connectivity index is 1.94. The number of amides is 1. The van der Waals surface area contributed by atoms with Crippen LogP contribution in [0.2, 0.25) is 0 Å². The van der Waals surface area contributed by atoms with Gasteiger partial charge in [0, 0.05) is 12.1 Å². The Morgan fingerprint density at radius 2 is 1.84 bits per heavy atom. The third kappa shape index (κ3) is 4.85. The number of nitrogens with one attached hydrogen (secondary N) is 1. The Morgan fingerprint density at radius 1 is 1.16 bits per heavy atom. The number of carbonyl (C=O) groups is 2. The van der Waals surface area contributed by atoms with Gasteiger partial charge < -0.3 is 24.3 Å². The van der Waals surface area contributed by atoms with Gasteiger partial charge in [-0.05, 0) is 45.2 Å². The summed E-state index contributed by atoms with van der Waals surface area (Å²) in [5, 5.41) is 13.3. The maximum absolute atomic E-state index is 12.8. The summed E-state index contributed by atoms with van der Waals surface area (Å²) in [5.41, 5.74) is 0.120. The molecule has 3 aromatic rings. The van der Waals surface area contributed by atoms with Crippen LogP contribution in [0.3, 0.4) is 0 Å². The van der Waals surface area contributed by atoms with Crippen molar-refractivity contribution in [3.63, 3.8) is 0 Å². The molecule has 0 aliphatic heterocycles. The molecule has 8 heteroatoms. The summed E-state index contributed by atoms with van der Waals surface area (Å²) in [5.74, 6) is -1.44. The molecule has 170 valence electrons. The zero-order valence-corrected chi connectivity index (χ0v) is 18.9. The summed E-state index contributed by atoms with van der Waals surface area (Å²) in [6, 6.07) is 6.70. The van der Waals surface area contributed by atoms with Crippen molar-refractivity contribution in [2.75, 3.05) is 0 Å². The summed E-state index contributed by atoms with van der Waals surface area (Å²) in [4.78, 5) is 37.7. The number of esters is 1. The lowest BCUT2D eigenvalue weighted by atomic mass is 10.0. The third-order valence-electron chi connectivity index (χ3n) is 4.76. The zero-order chi connectivity index (χ0) is 23.8. The average Bonchev–Trinajstić information content (AvgIpc) is 2.65. The molecule has 3 rings (SSSR count). The fourth-order valence-corrected chi connectivity index (χ4v) is 3.27. The van der Waals surface area contributed by atoms with Crippen LogP contribution in [0, 0.1) is 12.8 Å². The number of rotatable bonds is 4. The molecular formula is C24H27NO7. The van der Waals surface area contributed by atoms with E-state index in [1.54, 1.807) is 59.7 Å². The van der Waals surface area contributed by atoms with E-state index in [1.165, 1.54) is 12.1 Å². The van der Waals surface area contributed by atoms with Crippen molar-refractivity contribution in [1.82, 2.24) is 5.32 Å². The number of phenols is 1. The van der Waals surface area contributed by atoms with Crippen LogP contribution in [0.25, 0.3) is 21.9 Å². The minimum Gasteiger partial charge on any atom is -0.507 e. The van der Waals surface area contributed by atoms with Gasteiger partial charge in [-0.2, -0.15) is 0 Å². The predicted molar refractivity (Wildman–Crippen MR) is 120 cm³/mol. The summed E-state index contributed by atoms with van der Waals surface area (Å²) < 4.78 is 16.5. The first kappa shape index (κ1) is 23.1. The van der Waals surface area contributed by atoms with Crippen LogP contribution in [0.5, 0.6) is 11.5 Å². The van der Waals surface area contributed by atoms with Crippen LogP contribution in [0.15, 0.2) is 39.5 Å². The standard InChI is InChI=1S/C24H27NO7/c1-12(2)19(25-23(29)32-24(4,5)6)22(28)30-14-10-16(26)18-17(11-14)31-21-13(3)8-7-9-15(21)20(18)27/h7-12,19,26H,1-6H3,(H,25,29). The number of aromatic hydroxyl groups is 1. The number of alkyl carbamates (subject to hydrolysis) is 1. The van der Waals surface area contributed by atoms with Crippen molar-refractivity contribution in [2.45, 2.75) is 53.2 Å². The van der Waals surface area contributed by atoms with Crippen molar-refractivity contribution in [2.24, 2.45) is 5.92 Å². The van der Waals surface area contributed by atoms with Gasteiger partial charge >= 0.3 is 12.1 Å². The Kier molecular flexibility index (Phi) is 6.16.